The van der Waals surface area contributed by atoms with E-state index in [0.717, 1.165) is 11.3 Å². The Labute approximate surface area is 172 Å². The molecule has 1 atom stereocenters. The number of nitrogens with zero attached hydrogens (tertiary/aromatic N) is 2. The fourth-order valence-electron chi connectivity index (χ4n) is 2.58. The number of anilines is 2. The van der Waals surface area contributed by atoms with Gasteiger partial charge in [-0.3, -0.25) is 9.59 Å². The average Bonchev–Trinajstić information content (AvgIpc) is 3.14. The Morgan fingerprint density at radius 3 is 2.37 bits per heavy atom. The minimum Gasteiger partial charge on any atom is -0.369 e. The maximum atomic E-state index is 12.5. The van der Waals surface area contributed by atoms with Gasteiger partial charge in [-0.15, -0.1) is 34.5 Å². The van der Waals surface area contributed by atoms with E-state index in [2.05, 4.69) is 20.5 Å². The molecule has 1 heterocycles. The zero-order chi connectivity index (χ0) is 19.6. The van der Waals surface area contributed by atoms with Crippen LogP contribution in [-0.2, 0) is 16.0 Å². The van der Waals surface area contributed by atoms with Gasteiger partial charge in [-0.05, 0) is 17.7 Å². The van der Waals surface area contributed by atoms with Crippen molar-refractivity contribution in [2.45, 2.75) is 19.4 Å². The van der Waals surface area contributed by atoms with Crippen molar-refractivity contribution in [1.82, 2.24) is 10.3 Å². The second-order valence-corrected chi connectivity index (χ2v) is 7.47. The van der Waals surface area contributed by atoms with Gasteiger partial charge in [0.15, 0.2) is 5.13 Å². The van der Waals surface area contributed by atoms with E-state index in [9.17, 15) is 9.59 Å². The number of hydrogen-bond donors (Lipinski definition) is 2. The summed E-state index contributed by atoms with van der Waals surface area (Å²) in [4.78, 5) is 30.1. The van der Waals surface area contributed by atoms with Crippen LogP contribution in [-0.4, -0.2) is 47.7 Å². The molecule has 2 amide bonds. The van der Waals surface area contributed by atoms with E-state index in [1.807, 2.05) is 24.3 Å². The highest BCUT2D eigenvalue weighted by molar-refractivity contribution is 7.13. The fraction of sp³-hybridized carbons (Fsp3) is 0.389. The first-order valence-corrected chi connectivity index (χ1v) is 10.4. The molecule has 27 heavy (non-hydrogen) atoms. The van der Waals surface area contributed by atoms with Crippen molar-refractivity contribution in [3.8, 4) is 0 Å². The van der Waals surface area contributed by atoms with E-state index in [1.165, 1.54) is 18.3 Å². The zero-order valence-corrected chi connectivity index (χ0v) is 17.3. The molecule has 1 aromatic heterocycles. The highest BCUT2D eigenvalue weighted by Gasteiger charge is 2.21. The lowest BCUT2D eigenvalue weighted by atomic mass is 10.0. The number of aromatic nitrogens is 1. The Bertz CT molecular complexity index is 719. The molecule has 2 rings (SSSR count). The summed E-state index contributed by atoms with van der Waals surface area (Å²) < 4.78 is 0. The van der Waals surface area contributed by atoms with Crippen LogP contribution < -0.4 is 15.5 Å². The van der Waals surface area contributed by atoms with Gasteiger partial charge in [0.2, 0.25) is 11.8 Å². The topological polar surface area (TPSA) is 74.3 Å². The van der Waals surface area contributed by atoms with E-state index in [0.29, 0.717) is 36.4 Å². The van der Waals surface area contributed by atoms with Crippen molar-refractivity contribution in [3.63, 3.8) is 0 Å². The van der Waals surface area contributed by atoms with Gasteiger partial charge in [0, 0.05) is 55.5 Å². The Hall–Kier alpha value is -1.83. The summed E-state index contributed by atoms with van der Waals surface area (Å²) in [6, 6.07) is 7.14. The molecule has 0 aliphatic carbocycles. The Kier molecular flexibility index (Phi) is 8.84. The molecule has 0 bridgehead atoms. The zero-order valence-electron chi connectivity index (χ0n) is 15.0. The lowest BCUT2D eigenvalue weighted by molar-refractivity contribution is -0.125. The highest BCUT2D eigenvalue weighted by atomic mass is 35.5. The largest absolute Gasteiger partial charge is 0.369 e. The van der Waals surface area contributed by atoms with Crippen LogP contribution in [0.5, 0.6) is 0 Å². The molecule has 9 heteroatoms. The van der Waals surface area contributed by atoms with Crippen molar-refractivity contribution in [3.05, 3.63) is 41.4 Å². The van der Waals surface area contributed by atoms with E-state index in [1.54, 1.807) is 11.6 Å². The van der Waals surface area contributed by atoms with Crippen molar-refractivity contribution in [2.24, 2.45) is 0 Å². The molecule has 2 N–H and O–H groups in total. The molecule has 0 aliphatic heterocycles. The Morgan fingerprint density at radius 2 is 1.85 bits per heavy atom. The van der Waals surface area contributed by atoms with E-state index in [4.69, 9.17) is 23.2 Å². The number of carbonyl (C=O) groups is 2. The van der Waals surface area contributed by atoms with Gasteiger partial charge in [0.25, 0.3) is 0 Å². The van der Waals surface area contributed by atoms with Gasteiger partial charge >= 0.3 is 0 Å². The summed E-state index contributed by atoms with van der Waals surface area (Å²) in [5.41, 5.74) is 1.95. The first-order valence-electron chi connectivity index (χ1n) is 8.46. The molecular weight excluding hydrogens is 407 g/mol. The molecular formula is C18H22Cl2N4O2S. The van der Waals surface area contributed by atoms with Crippen LogP contribution in [0.25, 0.3) is 0 Å². The Balaban J connectivity index is 2.07. The van der Waals surface area contributed by atoms with Gasteiger partial charge < -0.3 is 15.5 Å². The third kappa shape index (κ3) is 7.01. The maximum absolute atomic E-state index is 12.5. The number of rotatable bonds is 10. The van der Waals surface area contributed by atoms with E-state index >= 15 is 0 Å². The number of amides is 2. The summed E-state index contributed by atoms with van der Waals surface area (Å²) in [6.07, 6.45) is 1.99. The molecule has 0 saturated heterocycles. The molecule has 0 fully saturated rings. The first kappa shape index (κ1) is 21.5. The minimum atomic E-state index is -0.681. The number of thiazole rings is 1. The second kappa shape index (κ2) is 11.1. The van der Waals surface area contributed by atoms with Gasteiger partial charge in [0.05, 0.1) is 0 Å². The average molecular weight is 429 g/mol. The lowest BCUT2D eigenvalue weighted by Crippen LogP contribution is -2.44. The number of benzene rings is 1. The van der Waals surface area contributed by atoms with Gasteiger partial charge in [-0.2, -0.15) is 0 Å². The second-order valence-electron chi connectivity index (χ2n) is 5.82. The predicted molar refractivity (Wildman–Crippen MR) is 112 cm³/mol. The van der Waals surface area contributed by atoms with Gasteiger partial charge in [-0.1, -0.05) is 12.1 Å². The van der Waals surface area contributed by atoms with Crippen LogP contribution in [0.15, 0.2) is 35.8 Å². The molecule has 0 saturated carbocycles. The molecule has 146 valence electrons. The predicted octanol–water partition coefficient (Wildman–Crippen LogP) is 3.11. The number of nitrogens with one attached hydrogen (secondary N) is 2. The summed E-state index contributed by atoms with van der Waals surface area (Å²) in [6.45, 7) is 2.81. The SMILES string of the molecule is CC(=O)NC(Cc1ccc(N(CCCl)CCCl)cc1)C(=O)Nc1nccs1. The van der Waals surface area contributed by atoms with E-state index < -0.39 is 6.04 Å². The smallest absolute Gasteiger partial charge is 0.249 e. The molecule has 6 nitrogen and oxygen atoms in total. The summed E-state index contributed by atoms with van der Waals surface area (Å²) in [7, 11) is 0. The lowest BCUT2D eigenvalue weighted by Gasteiger charge is -2.23. The van der Waals surface area contributed by atoms with Crippen LogP contribution in [0, 0.1) is 0 Å². The number of alkyl halides is 2. The van der Waals surface area contributed by atoms with Crippen LogP contribution in [0.4, 0.5) is 10.8 Å². The molecule has 1 aromatic carbocycles. The van der Waals surface area contributed by atoms with E-state index in [-0.39, 0.29) is 11.8 Å². The fourth-order valence-corrected chi connectivity index (χ4v) is 3.52. The number of hydrogen-bond acceptors (Lipinski definition) is 5. The molecule has 0 radical (unpaired) electrons. The van der Waals surface area contributed by atoms with Gasteiger partial charge in [-0.25, -0.2) is 4.98 Å². The summed E-state index contributed by atoms with van der Waals surface area (Å²) in [5, 5.41) is 7.70. The van der Waals surface area contributed by atoms with Crippen LogP contribution >= 0.6 is 34.5 Å². The van der Waals surface area contributed by atoms with Crippen molar-refractivity contribution >= 4 is 57.2 Å². The van der Waals surface area contributed by atoms with Gasteiger partial charge in [0.1, 0.15) is 6.04 Å². The van der Waals surface area contributed by atoms with Crippen molar-refractivity contribution in [1.29, 1.82) is 0 Å². The van der Waals surface area contributed by atoms with Crippen LogP contribution in [0.2, 0.25) is 0 Å². The molecule has 1 unspecified atom stereocenters. The molecule has 0 aliphatic rings. The monoisotopic (exact) mass is 428 g/mol. The van der Waals surface area contributed by atoms with Crippen LogP contribution in [0.1, 0.15) is 12.5 Å². The molecule has 2 aromatic rings. The molecule has 0 spiro atoms. The van der Waals surface area contributed by atoms with Crippen molar-refractivity contribution in [2.75, 3.05) is 35.1 Å². The third-order valence-corrected chi connectivity index (χ3v) is 4.83. The summed E-state index contributed by atoms with van der Waals surface area (Å²) in [5.74, 6) is 0.469. The summed E-state index contributed by atoms with van der Waals surface area (Å²) >= 11 is 13.0. The standard InChI is InChI=1S/C18H22Cl2N4O2S/c1-13(25)22-16(17(26)23-18-21-8-11-27-18)12-14-2-4-15(5-3-14)24(9-6-19)10-7-20/h2-5,8,11,16H,6-7,9-10,12H2,1H3,(H,22,25)(H,21,23,26). The number of carbonyl (C=O) groups excluding carboxylic acids is 2. The normalized spacial score (nSPS) is 11.7. The maximum Gasteiger partial charge on any atom is 0.249 e. The highest BCUT2D eigenvalue weighted by Crippen LogP contribution is 2.17. The third-order valence-electron chi connectivity index (χ3n) is 3.81. The number of halogens is 2. The minimum absolute atomic E-state index is 0.263. The Morgan fingerprint density at radius 1 is 1.19 bits per heavy atom. The van der Waals surface area contributed by atoms with Crippen molar-refractivity contribution < 1.29 is 9.59 Å². The first-order chi connectivity index (χ1) is 13.0. The quantitative estimate of drug-likeness (QED) is 0.570. The van der Waals surface area contributed by atoms with Crippen LogP contribution in [0.3, 0.4) is 0 Å².